The Labute approximate surface area is 140 Å². The second-order valence-corrected chi connectivity index (χ2v) is 8.02. The lowest BCUT2D eigenvalue weighted by Crippen LogP contribution is -2.19. The molecule has 1 amide bonds. The summed E-state index contributed by atoms with van der Waals surface area (Å²) in [5.41, 5.74) is 1.22. The largest absolute Gasteiger partial charge is 0.331 e. The zero-order chi connectivity index (χ0) is 17.0. The number of aromatic nitrogens is 2. The van der Waals surface area contributed by atoms with Gasteiger partial charge in [-0.05, 0) is 24.3 Å². The van der Waals surface area contributed by atoms with Gasteiger partial charge in [0, 0.05) is 35.4 Å². The molecule has 0 saturated heterocycles. The Morgan fingerprint density at radius 2 is 1.87 bits per heavy atom. The Morgan fingerprint density at radius 3 is 2.39 bits per heavy atom. The van der Waals surface area contributed by atoms with Gasteiger partial charge in [0.2, 0.25) is 11.7 Å². The number of hydrogen-bond donors (Lipinski definition) is 1. The molecule has 0 aliphatic heterocycles. The number of ketones is 1. The Hall–Kier alpha value is -2.08. The summed E-state index contributed by atoms with van der Waals surface area (Å²) in [5, 5.41) is 2.83. The van der Waals surface area contributed by atoms with Gasteiger partial charge in [0.1, 0.15) is 0 Å². The number of anilines is 1. The number of benzene rings is 1. The van der Waals surface area contributed by atoms with E-state index in [0.717, 1.165) is 0 Å². The monoisotopic (exact) mass is 331 g/mol. The molecule has 0 aliphatic rings. The molecule has 0 radical (unpaired) electrons. The van der Waals surface area contributed by atoms with E-state index in [1.807, 2.05) is 0 Å². The molecule has 2 rings (SSSR count). The molecule has 0 fully saturated rings. The van der Waals surface area contributed by atoms with Crippen molar-refractivity contribution in [1.29, 1.82) is 0 Å². The third-order valence-electron chi connectivity index (χ3n) is 3.09. The van der Waals surface area contributed by atoms with Crippen molar-refractivity contribution in [1.82, 2.24) is 9.55 Å². The van der Waals surface area contributed by atoms with E-state index in [9.17, 15) is 9.59 Å². The van der Waals surface area contributed by atoms with Crippen molar-refractivity contribution in [3.63, 3.8) is 0 Å². The maximum absolute atomic E-state index is 12.3. The van der Waals surface area contributed by atoms with E-state index in [4.69, 9.17) is 0 Å². The van der Waals surface area contributed by atoms with E-state index in [0.29, 0.717) is 22.8 Å². The number of nitrogens with zero attached hydrogens (tertiary/aromatic N) is 2. The van der Waals surface area contributed by atoms with Gasteiger partial charge in [0.25, 0.3) is 0 Å². The number of rotatable bonds is 5. The first-order valence-electron chi connectivity index (χ1n) is 7.32. The number of amides is 1. The Morgan fingerprint density at radius 1 is 1.22 bits per heavy atom. The smallest absolute Gasteiger partial charge is 0.234 e. The standard InChI is InChI=1S/C17H21N3O2S/c1-17(2,3)23-11-14(21)19-13-7-5-12(6-8-13)15(22)16-18-9-10-20(16)4/h5-10H,11H2,1-4H3,(H,19,21). The topological polar surface area (TPSA) is 64.0 Å². The normalized spacial score (nSPS) is 11.3. The van der Waals surface area contributed by atoms with Crippen LogP contribution in [-0.2, 0) is 11.8 Å². The lowest BCUT2D eigenvalue weighted by Gasteiger charge is -2.17. The molecule has 122 valence electrons. The van der Waals surface area contributed by atoms with Crippen molar-refractivity contribution in [2.75, 3.05) is 11.1 Å². The van der Waals surface area contributed by atoms with Crippen LogP contribution in [0, 0.1) is 0 Å². The number of hydrogen-bond acceptors (Lipinski definition) is 4. The predicted octanol–water partition coefficient (Wildman–Crippen LogP) is 3.12. The van der Waals surface area contributed by atoms with Gasteiger partial charge in [-0.1, -0.05) is 20.8 Å². The maximum atomic E-state index is 12.3. The number of aryl methyl sites for hydroxylation is 1. The Kier molecular flexibility index (Phi) is 5.26. The van der Waals surface area contributed by atoms with Gasteiger partial charge >= 0.3 is 0 Å². The van der Waals surface area contributed by atoms with Crippen molar-refractivity contribution < 1.29 is 9.59 Å². The summed E-state index contributed by atoms with van der Waals surface area (Å²) in [4.78, 5) is 28.2. The highest BCUT2D eigenvalue weighted by molar-refractivity contribution is 8.01. The number of imidazole rings is 1. The van der Waals surface area contributed by atoms with Gasteiger partial charge in [-0.15, -0.1) is 11.8 Å². The van der Waals surface area contributed by atoms with E-state index >= 15 is 0 Å². The highest BCUT2D eigenvalue weighted by atomic mass is 32.2. The average Bonchev–Trinajstić information content (AvgIpc) is 2.91. The van der Waals surface area contributed by atoms with Crippen molar-refractivity contribution in [2.45, 2.75) is 25.5 Å². The van der Waals surface area contributed by atoms with Crippen LogP contribution in [0.4, 0.5) is 5.69 Å². The van der Waals surface area contributed by atoms with Crippen LogP contribution in [0.15, 0.2) is 36.7 Å². The van der Waals surface area contributed by atoms with Gasteiger partial charge in [0.15, 0.2) is 5.82 Å². The highest BCUT2D eigenvalue weighted by Gasteiger charge is 2.15. The van der Waals surface area contributed by atoms with E-state index < -0.39 is 0 Å². The number of carbonyl (C=O) groups is 2. The summed E-state index contributed by atoms with van der Waals surface area (Å²) in [6.07, 6.45) is 3.32. The molecule has 0 aliphatic carbocycles. The molecule has 1 aromatic carbocycles. The zero-order valence-electron chi connectivity index (χ0n) is 13.8. The van der Waals surface area contributed by atoms with Gasteiger partial charge in [0.05, 0.1) is 5.75 Å². The molecule has 0 bridgehead atoms. The summed E-state index contributed by atoms with van der Waals surface area (Å²) in [5.74, 6) is 0.604. The number of nitrogens with one attached hydrogen (secondary N) is 1. The van der Waals surface area contributed by atoms with Gasteiger partial charge in [-0.3, -0.25) is 9.59 Å². The van der Waals surface area contributed by atoms with Crippen molar-refractivity contribution in [3.8, 4) is 0 Å². The SMILES string of the molecule is Cn1ccnc1C(=O)c1ccc(NC(=O)CSC(C)(C)C)cc1. The van der Waals surface area contributed by atoms with Crippen LogP contribution in [0.5, 0.6) is 0 Å². The minimum absolute atomic E-state index is 0.0481. The number of carbonyl (C=O) groups excluding carboxylic acids is 2. The first-order chi connectivity index (χ1) is 10.8. The zero-order valence-corrected chi connectivity index (χ0v) is 14.6. The summed E-state index contributed by atoms with van der Waals surface area (Å²) >= 11 is 1.59. The van der Waals surface area contributed by atoms with Crippen LogP contribution >= 0.6 is 11.8 Å². The third kappa shape index (κ3) is 4.96. The molecule has 0 atom stereocenters. The minimum atomic E-state index is -0.140. The fourth-order valence-corrected chi connectivity index (χ4v) is 2.53. The van der Waals surface area contributed by atoms with Crippen LogP contribution in [0.3, 0.4) is 0 Å². The van der Waals surface area contributed by atoms with Crippen molar-refractivity contribution >= 4 is 29.1 Å². The lowest BCUT2D eigenvalue weighted by atomic mass is 10.1. The van der Waals surface area contributed by atoms with E-state index in [1.165, 1.54) is 0 Å². The summed E-state index contributed by atoms with van der Waals surface area (Å²) in [6.45, 7) is 6.22. The maximum Gasteiger partial charge on any atom is 0.234 e. The van der Waals surface area contributed by atoms with Gasteiger partial charge in [-0.2, -0.15) is 0 Å². The molecule has 0 unspecified atom stereocenters. The predicted molar refractivity (Wildman–Crippen MR) is 93.9 cm³/mol. The quantitative estimate of drug-likeness (QED) is 0.855. The fourth-order valence-electron chi connectivity index (χ4n) is 1.90. The number of thioether (sulfide) groups is 1. The van der Waals surface area contributed by atoms with Crippen LogP contribution in [-0.4, -0.2) is 31.7 Å². The molecule has 0 spiro atoms. The molecule has 6 heteroatoms. The van der Waals surface area contributed by atoms with Crippen LogP contribution in [0.25, 0.3) is 0 Å². The van der Waals surface area contributed by atoms with E-state index in [1.54, 1.807) is 60.0 Å². The summed E-state index contributed by atoms with van der Waals surface area (Å²) in [7, 11) is 1.78. The molecule has 0 saturated carbocycles. The molecule has 1 aromatic heterocycles. The molecule has 5 nitrogen and oxygen atoms in total. The second kappa shape index (κ2) is 7.00. The molecule has 2 aromatic rings. The fraction of sp³-hybridized carbons (Fsp3) is 0.353. The highest BCUT2D eigenvalue weighted by Crippen LogP contribution is 2.23. The second-order valence-electron chi connectivity index (χ2n) is 6.22. The van der Waals surface area contributed by atoms with E-state index in [2.05, 4.69) is 31.1 Å². The third-order valence-corrected chi connectivity index (χ3v) is 4.36. The molecule has 1 N–H and O–H groups in total. The summed E-state index contributed by atoms with van der Waals surface area (Å²) < 4.78 is 1.73. The van der Waals surface area contributed by atoms with Gasteiger partial charge < -0.3 is 9.88 Å². The average molecular weight is 331 g/mol. The van der Waals surface area contributed by atoms with Crippen LogP contribution in [0.1, 0.15) is 37.0 Å². The van der Waals surface area contributed by atoms with Crippen LogP contribution < -0.4 is 5.32 Å². The van der Waals surface area contributed by atoms with Gasteiger partial charge in [-0.25, -0.2) is 4.98 Å². The molecule has 1 heterocycles. The van der Waals surface area contributed by atoms with E-state index in [-0.39, 0.29) is 16.4 Å². The Balaban J connectivity index is 1.98. The first kappa shape index (κ1) is 17.3. The first-order valence-corrected chi connectivity index (χ1v) is 8.31. The minimum Gasteiger partial charge on any atom is -0.331 e. The van der Waals surface area contributed by atoms with Crippen LogP contribution in [0.2, 0.25) is 0 Å². The Bertz CT molecular complexity index is 699. The molecule has 23 heavy (non-hydrogen) atoms. The van der Waals surface area contributed by atoms with Crippen molar-refractivity contribution in [3.05, 3.63) is 48.0 Å². The summed E-state index contributed by atoms with van der Waals surface area (Å²) in [6, 6.07) is 6.86. The van der Waals surface area contributed by atoms with Crippen molar-refractivity contribution in [2.24, 2.45) is 7.05 Å². The lowest BCUT2D eigenvalue weighted by molar-refractivity contribution is -0.113. The molecular formula is C17H21N3O2S. The molecular weight excluding hydrogens is 310 g/mol.